The van der Waals surface area contributed by atoms with Crippen LogP contribution in [-0.2, 0) is 9.59 Å². The zero-order valence-electron chi connectivity index (χ0n) is 9.14. The molecule has 1 aliphatic rings. The van der Waals surface area contributed by atoms with Gasteiger partial charge in [-0.05, 0) is 12.5 Å². The first-order chi connectivity index (χ1) is 7.72. The number of piperazine rings is 1. The van der Waals surface area contributed by atoms with Crippen LogP contribution in [-0.4, -0.2) is 29.8 Å². The molecule has 1 saturated heterocycles. The summed E-state index contributed by atoms with van der Waals surface area (Å²) in [6.07, 6.45) is 0. The van der Waals surface area contributed by atoms with E-state index in [1.807, 2.05) is 37.3 Å². The van der Waals surface area contributed by atoms with Gasteiger partial charge in [0.25, 0.3) is 0 Å². The second kappa shape index (κ2) is 4.35. The Kier molecular flexibility index (Phi) is 2.90. The lowest BCUT2D eigenvalue weighted by molar-refractivity contribution is -0.144. The third kappa shape index (κ3) is 1.91. The number of nitrogens with zero attached hydrogens (tertiary/aromatic N) is 1. The van der Waals surface area contributed by atoms with Gasteiger partial charge in [0.05, 0.1) is 6.54 Å². The molecule has 16 heavy (non-hydrogen) atoms. The number of rotatable bonds is 2. The zero-order valence-corrected chi connectivity index (χ0v) is 9.14. The Hall–Kier alpha value is -1.84. The third-order valence-corrected chi connectivity index (χ3v) is 2.71. The maximum atomic E-state index is 12.0. The molecule has 2 amide bonds. The number of benzene rings is 1. The van der Waals surface area contributed by atoms with Crippen LogP contribution in [0.4, 0.5) is 0 Å². The minimum atomic E-state index is -0.526. The SMILES string of the molecule is CCN1CC(=O)N[C@@H](c2ccccc2)C1=O. The molecule has 1 atom stereocenters. The van der Waals surface area contributed by atoms with Crippen LogP contribution in [0.15, 0.2) is 30.3 Å². The normalized spacial score (nSPS) is 20.8. The lowest BCUT2D eigenvalue weighted by Gasteiger charge is -2.31. The van der Waals surface area contributed by atoms with Gasteiger partial charge in [-0.1, -0.05) is 30.3 Å². The van der Waals surface area contributed by atoms with E-state index in [0.29, 0.717) is 6.54 Å². The van der Waals surface area contributed by atoms with Crippen molar-refractivity contribution in [2.75, 3.05) is 13.1 Å². The number of hydrogen-bond donors (Lipinski definition) is 1. The van der Waals surface area contributed by atoms with Crippen LogP contribution in [0.3, 0.4) is 0 Å². The van der Waals surface area contributed by atoms with Crippen molar-refractivity contribution < 1.29 is 9.59 Å². The van der Waals surface area contributed by atoms with Gasteiger partial charge in [-0.25, -0.2) is 0 Å². The van der Waals surface area contributed by atoms with E-state index < -0.39 is 6.04 Å². The first-order valence-corrected chi connectivity index (χ1v) is 5.35. The molecule has 1 aromatic carbocycles. The number of carbonyl (C=O) groups excluding carboxylic acids is 2. The average molecular weight is 218 g/mol. The minimum Gasteiger partial charge on any atom is -0.339 e. The fraction of sp³-hybridized carbons (Fsp3) is 0.333. The summed E-state index contributed by atoms with van der Waals surface area (Å²) in [6, 6.07) is 8.78. The summed E-state index contributed by atoms with van der Waals surface area (Å²) >= 11 is 0. The first-order valence-electron chi connectivity index (χ1n) is 5.35. The first kappa shape index (κ1) is 10.7. The lowest BCUT2D eigenvalue weighted by atomic mass is 10.0. The fourth-order valence-electron chi connectivity index (χ4n) is 1.84. The van der Waals surface area contributed by atoms with Crippen molar-refractivity contribution >= 4 is 11.8 Å². The Morgan fingerprint density at radius 3 is 2.62 bits per heavy atom. The molecular formula is C12H14N2O2. The Morgan fingerprint density at radius 1 is 1.31 bits per heavy atom. The predicted octanol–water partition coefficient (Wildman–Crippen LogP) is 0.706. The molecule has 1 fully saturated rings. The maximum Gasteiger partial charge on any atom is 0.250 e. The second-order valence-electron chi connectivity index (χ2n) is 3.76. The molecule has 0 spiro atoms. The van der Waals surface area contributed by atoms with Crippen molar-refractivity contribution in [3.63, 3.8) is 0 Å². The quantitative estimate of drug-likeness (QED) is 0.794. The van der Waals surface area contributed by atoms with Gasteiger partial charge < -0.3 is 10.2 Å². The van der Waals surface area contributed by atoms with Crippen molar-refractivity contribution in [3.8, 4) is 0 Å². The molecule has 0 saturated carbocycles. The van der Waals surface area contributed by atoms with Crippen LogP contribution in [0.1, 0.15) is 18.5 Å². The summed E-state index contributed by atoms with van der Waals surface area (Å²) in [6.45, 7) is 2.60. The molecule has 4 heteroatoms. The van der Waals surface area contributed by atoms with E-state index in [4.69, 9.17) is 0 Å². The summed E-state index contributed by atoms with van der Waals surface area (Å²) in [5.41, 5.74) is 0.832. The van der Waals surface area contributed by atoms with Crippen LogP contribution in [0.25, 0.3) is 0 Å². The highest BCUT2D eigenvalue weighted by Crippen LogP contribution is 2.18. The highest BCUT2D eigenvalue weighted by molar-refractivity contribution is 5.95. The molecule has 84 valence electrons. The minimum absolute atomic E-state index is 0.0340. The van der Waals surface area contributed by atoms with Gasteiger partial charge in [-0.15, -0.1) is 0 Å². The van der Waals surface area contributed by atoms with Crippen molar-refractivity contribution in [2.45, 2.75) is 13.0 Å². The molecular weight excluding hydrogens is 204 g/mol. The van der Waals surface area contributed by atoms with E-state index >= 15 is 0 Å². The zero-order chi connectivity index (χ0) is 11.5. The smallest absolute Gasteiger partial charge is 0.250 e. The van der Waals surface area contributed by atoms with Crippen LogP contribution < -0.4 is 5.32 Å². The molecule has 1 heterocycles. The van der Waals surface area contributed by atoms with E-state index in [-0.39, 0.29) is 18.4 Å². The molecule has 4 nitrogen and oxygen atoms in total. The van der Waals surface area contributed by atoms with Crippen molar-refractivity contribution in [2.24, 2.45) is 0 Å². The van der Waals surface area contributed by atoms with Gasteiger partial charge in [0, 0.05) is 6.54 Å². The van der Waals surface area contributed by atoms with Gasteiger partial charge in [0.1, 0.15) is 6.04 Å². The van der Waals surface area contributed by atoms with Gasteiger partial charge in [-0.2, -0.15) is 0 Å². The van der Waals surface area contributed by atoms with E-state index in [9.17, 15) is 9.59 Å². The largest absolute Gasteiger partial charge is 0.339 e. The molecule has 0 aliphatic carbocycles. The summed E-state index contributed by atoms with van der Waals surface area (Å²) in [7, 11) is 0. The van der Waals surface area contributed by atoms with Gasteiger partial charge in [0.2, 0.25) is 11.8 Å². The van der Waals surface area contributed by atoms with Crippen molar-refractivity contribution in [1.82, 2.24) is 10.2 Å². The molecule has 0 radical (unpaired) electrons. The highest BCUT2D eigenvalue weighted by atomic mass is 16.2. The molecule has 1 aromatic rings. The molecule has 2 rings (SSSR count). The van der Waals surface area contributed by atoms with Crippen LogP contribution in [0, 0.1) is 0 Å². The Morgan fingerprint density at radius 2 is 2.00 bits per heavy atom. The van der Waals surface area contributed by atoms with Crippen LogP contribution in [0.5, 0.6) is 0 Å². The van der Waals surface area contributed by atoms with Crippen molar-refractivity contribution in [3.05, 3.63) is 35.9 Å². The second-order valence-corrected chi connectivity index (χ2v) is 3.76. The number of nitrogens with one attached hydrogen (secondary N) is 1. The third-order valence-electron chi connectivity index (χ3n) is 2.71. The number of likely N-dealkylation sites (N-methyl/N-ethyl adjacent to an activating group) is 1. The molecule has 0 unspecified atom stereocenters. The summed E-state index contributed by atoms with van der Waals surface area (Å²) in [5, 5.41) is 2.72. The topological polar surface area (TPSA) is 49.4 Å². The average Bonchev–Trinajstić information content (AvgIpc) is 2.33. The molecule has 1 aliphatic heterocycles. The van der Waals surface area contributed by atoms with E-state index in [1.54, 1.807) is 4.90 Å². The summed E-state index contributed by atoms with van der Waals surface area (Å²) in [4.78, 5) is 25.0. The Balaban J connectivity index is 2.27. The predicted molar refractivity (Wildman–Crippen MR) is 59.6 cm³/mol. The summed E-state index contributed by atoms with van der Waals surface area (Å²) < 4.78 is 0. The van der Waals surface area contributed by atoms with E-state index in [1.165, 1.54) is 0 Å². The maximum absolute atomic E-state index is 12.0. The Labute approximate surface area is 94.2 Å². The van der Waals surface area contributed by atoms with Gasteiger partial charge >= 0.3 is 0 Å². The van der Waals surface area contributed by atoms with Crippen LogP contribution in [0.2, 0.25) is 0 Å². The number of carbonyl (C=O) groups is 2. The van der Waals surface area contributed by atoms with Crippen molar-refractivity contribution in [1.29, 1.82) is 0 Å². The number of amides is 2. The lowest BCUT2D eigenvalue weighted by Crippen LogP contribution is -2.53. The molecule has 0 bridgehead atoms. The van der Waals surface area contributed by atoms with E-state index in [2.05, 4.69) is 5.32 Å². The highest BCUT2D eigenvalue weighted by Gasteiger charge is 2.32. The van der Waals surface area contributed by atoms with E-state index in [0.717, 1.165) is 5.56 Å². The van der Waals surface area contributed by atoms with Gasteiger partial charge in [-0.3, -0.25) is 9.59 Å². The fourth-order valence-corrected chi connectivity index (χ4v) is 1.84. The number of hydrogen-bond acceptors (Lipinski definition) is 2. The Bertz CT molecular complexity index is 403. The standard InChI is InChI=1S/C12H14N2O2/c1-2-14-8-10(15)13-11(12(14)16)9-6-4-3-5-7-9/h3-7,11H,2,8H2,1H3,(H,13,15)/t11-/m0/s1. The summed E-state index contributed by atoms with van der Waals surface area (Å²) in [5.74, 6) is -0.136. The molecule has 1 N–H and O–H groups in total. The monoisotopic (exact) mass is 218 g/mol. The molecule has 0 aromatic heterocycles. The van der Waals surface area contributed by atoms with Crippen LogP contribution >= 0.6 is 0 Å². The van der Waals surface area contributed by atoms with Gasteiger partial charge in [0.15, 0.2) is 0 Å².